The van der Waals surface area contributed by atoms with Gasteiger partial charge in [0, 0.05) is 12.0 Å². The molecule has 0 N–H and O–H groups in total. The van der Waals surface area contributed by atoms with Crippen molar-refractivity contribution in [3.8, 4) is 11.5 Å². The molecule has 5 rings (SSSR count). The highest BCUT2D eigenvalue weighted by Crippen LogP contribution is 2.52. The monoisotopic (exact) mass is 389 g/mol. The second-order valence-corrected chi connectivity index (χ2v) is 8.70. The summed E-state index contributed by atoms with van der Waals surface area (Å²) >= 11 is 0. The van der Waals surface area contributed by atoms with E-state index in [1.165, 1.54) is 7.11 Å². The Bertz CT molecular complexity index is 808. The number of nitrogens with zero attached hydrogens (tertiary/aromatic N) is 1. The molecule has 0 spiro atoms. The first kappa shape index (κ1) is 18.2. The van der Waals surface area contributed by atoms with Crippen LogP contribution in [0.4, 0.5) is 0 Å². The molecule has 5 atom stereocenters. The van der Waals surface area contributed by atoms with Crippen molar-refractivity contribution in [2.45, 2.75) is 56.6 Å². The Morgan fingerprint density at radius 1 is 1.21 bits per heavy atom. The van der Waals surface area contributed by atoms with Gasteiger partial charge in [-0.15, -0.1) is 0 Å². The fourth-order valence-corrected chi connectivity index (χ4v) is 5.60. The molecule has 152 valence electrons. The van der Waals surface area contributed by atoms with Crippen molar-refractivity contribution >= 4 is 5.97 Å². The smallest absolute Gasteiger partial charge is 0.338 e. The maximum Gasteiger partial charge on any atom is 0.338 e. The SMILES string of the molecule is COC(=O)c1cc2c(cc1[C@H]1[C@H]3OC(C)(C)O[C@H]3C[C@H]3CCN(C)[C@H]31)OCO2. The molecular formula is C21H27NO6. The lowest BCUT2D eigenvalue weighted by Gasteiger charge is -2.43. The number of likely N-dealkylation sites (N-methyl/N-ethyl adjacent to an activating group) is 1. The zero-order valence-electron chi connectivity index (χ0n) is 16.8. The maximum absolute atomic E-state index is 12.7. The van der Waals surface area contributed by atoms with E-state index >= 15 is 0 Å². The molecule has 3 heterocycles. The summed E-state index contributed by atoms with van der Waals surface area (Å²) < 4.78 is 28.9. The van der Waals surface area contributed by atoms with E-state index in [9.17, 15) is 4.79 Å². The Morgan fingerprint density at radius 3 is 2.71 bits per heavy atom. The molecule has 1 aromatic rings. The summed E-state index contributed by atoms with van der Waals surface area (Å²) in [6.07, 6.45) is 2.00. The first-order valence-corrected chi connectivity index (χ1v) is 9.95. The lowest BCUT2D eigenvalue weighted by Crippen LogP contribution is -2.50. The van der Waals surface area contributed by atoms with Gasteiger partial charge in [-0.05, 0) is 63.9 Å². The number of likely N-dealkylation sites (tertiary alicyclic amines) is 1. The zero-order valence-corrected chi connectivity index (χ0v) is 16.8. The molecule has 1 aromatic carbocycles. The molecule has 7 nitrogen and oxygen atoms in total. The number of carbonyl (C=O) groups excluding carboxylic acids is 1. The second-order valence-electron chi connectivity index (χ2n) is 8.70. The Labute approximate surface area is 164 Å². The van der Waals surface area contributed by atoms with Gasteiger partial charge in [0.25, 0.3) is 0 Å². The van der Waals surface area contributed by atoms with E-state index < -0.39 is 5.79 Å². The highest BCUT2D eigenvalue weighted by atomic mass is 16.8. The van der Waals surface area contributed by atoms with Gasteiger partial charge in [-0.1, -0.05) is 0 Å². The van der Waals surface area contributed by atoms with Crippen molar-refractivity contribution in [3.63, 3.8) is 0 Å². The molecular weight excluding hydrogens is 362 g/mol. The molecule has 3 aliphatic heterocycles. The lowest BCUT2D eigenvalue weighted by molar-refractivity contribution is -0.147. The summed E-state index contributed by atoms with van der Waals surface area (Å²) in [6.45, 7) is 5.12. The summed E-state index contributed by atoms with van der Waals surface area (Å²) in [7, 11) is 3.56. The molecule has 0 radical (unpaired) electrons. The van der Waals surface area contributed by atoms with Crippen molar-refractivity contribution in [1.82, 2.24) is 4.90 Å². The van der Waals surface area contributed by atoms with Gasteiger partial charge in [0.1, 0.15) is 0 Å². The molecule has 28 heavy (non-hydrogen) atoms. The van der Waals surface area contributed by atoms with Gasteiger partial charge in [0.05, 0.1) is 24.9 Å². The maximum atomic E-state index is 12.7. The molecule has 1 saturated carbocycles. The Kier molecular flexibility index (Phi) is 4.12. The molecule has 4 aliphatic rings. The molecule has 0 aromatic heterocycles. The van der Waals surface area contributed by atoms with Crippen LogP contribution >= 0.6 is 0 Å². The zero-order chi connectivity index (χ0) is 19.6. The van der Waals surface area contributed by atoms with Crippen LogP contribution in [0.3, 0.4) is 0 Å². The van der Waals surface area contributed by atoms with E-state index in [0.717, 1.165) is 24.9 Å². The minimum atomic E-state index is -0.632. The van der Waals surface area contributed by atoms with Crippen LogP contribution in [0.2, 0.25) is 0 Å². The molecule has 0 bridgehead atoms. The van der Waals surface area contributed by atoms with Gasteiger partial charge in [0.15, 0.2) is 17.3 Å². The van der Waals surface area contributed by atoms with E-state index in [4.69, 9.17) is 23.7 Å². The molecule has 1 aliphatic carbocycles. The molecule has 3 fully saturated rings. The molecule has 2 saturated heterocycles. The summed E-state index contributed by atoms with van der Waals surface area (Å²) in [5.74, 6) is 0.737. The number of ether oxygens (including phenoxy) is 5. The number of esters is 1. The normalized spacial score (nSPS) is 35.5. The number of methoxy groups -OCH3 is 1. The second kappa shape index (κ2) is 6.34. The molecule has 0 amide bonds. The minimum absolute atomic E-state index is 0.0124. The van der Waals surface area contributed by atoms with E-state index in [0.29, 0.717) is 23.0 Å². The largest absolute Gasteiger partial charge is 0.465 e. The van der Waals surface area contributed by atoms with Crippen LogP contribution in [-0.4, -0.2) is 62.4 Å². The number of benzene rings is 1. The van der Waals surface area contributed by atoms with Crippen LogP contribution in [0.1, 0.15) is 48.5 Å². The number of fused-ring (bicyclic) bond motifs is 3. The van der Waals surface area contributed by atoms with Crippen molar-refractivity contribution in [1.29, 1.82) is 0 Å². The van der Waals surface area contributed by atoms with Crippen molar-refractivity contribution in [2.24, 2.45) is 5.92 Å². The van der Waals surface area contributed by atoms with Crippen molar-refractivity contribution < 1.29 is 28.5 Å². The van der Waals surface area contributed by atoms with Crippen molar-refractivity contribution in [3.05, 3.63) is 23.3 Å². The van der Waals surface area contributed by atoms with Gasteiger partial charge < -0.3 is 28.6 Å². The van der Waals surface area contributed by atoms with Crippen LogP contribution in [0, 0.1) is 5.92 Å². The van der Waals surface area contributed by atoms with Gasteiger partial charge in [0.2, 0.25) is 6.79 Å². The highest BCUT2D eigenvalue weighted by Gasteiger charge is 2.56. The van der Waals surface area contributed by atoms with Crippen molar-refractivity contribution in [2.75, 3.05) is 27.5 Å². The van der Waals surface area contributed by atoms with Crippen LogP contribution < -0.4 is 9.47 Å². The Balaban J connectivity index is 1.65. The quantitative estimate of drug-likeness (QED) is 0.720. The third kappa shape index (κ3) is 2.71. The van der Waals surface area contributed by atoms with Gasteiger partial charge in [-0.2, -0.15) is 0 Å². The first-order chi connectivity index (χ1) is 13.4. The van der Waals surface area contributed by atoms with E-state index in [1.807, 2.05) is 19.9 Å². The fraction of sp³-hybridized carbons (Fsp3) is 0.667. The number of hydrogen-bond donors (Lipinski definition) is 0. The van der Waals surface area contributed by atoms with Gasteiger partial charge in [-0.3, -0.25) is 0 Å². The number of carbonyl (C=O) groups is 1. The third-order valence-electron chi connectivity index (χ3n) is 6.63. The predicted octanol–water partition coefficient (Wildman–Crippen LogP) is 2.53. The number of rotatable bonds is 2. The molecule has 7 heteroatoms. The van der Waals surface area contributed by atoms with Crippen LogP contribution in [0.25, 0.3) is 0 Å². The third-order valence-corrected chi connectivity index (χ3v) is 6.63. The highest BCUT2D eigenvalue weighted by molar-refractivity contribution is 5.92. The summed E-state index contributed by atoms with van der Waals surface area (Å²) in [6, 6.07) is 3.97. The van der Waals surface area contributed by atoms with E-state index in [1.54, 1.807) is 6.07 Å². The lowest BCUT2D eigenvalue weighted by atomic mass is 9.70. The summed E-state index contributed by atoms with van der Waals surface area (Å²) in [5, 5.41) is 0. The summed E-state index contributed by atoms with van der Waals surface area (Å²) in [5.41, 5.74) is 1.42. The first-order valence-electron chi connectivity index (χ1n) is 9.95. The number of hydrogen-bond acceptors (Lipinski definition) is 7. The average molecular weight is 389 g/mol. The van der Waals surface area contributed by atoms with Crippen LogP contribution in [0.5, 0.6) is 11.5 Å². The van der Waals surface area contributed by atoms with E-state index in [2.05, 4.69) is 11.9 Å². The van der Waals surface area contributed by atoms with Gasteiger partial charge in [-0.25, -0.2) is 4.79 Å². The van der Waals surface area contributed by atoms with Gasteiger partial charge >= 0.3 is 5.97 Å². The standard InChI is InChI=1S/C21H27NO6/c1-21(2)27-16-7-11-5-6-22(3)18(11)17(19(16)28-21)12-8-14-15(26-10-25-14)9-13(12)20(23)24-4/h8-9,11,16-19H,5-7,10H2,1-4H3/t11-,16+,17-,18-,19+/m1/s1. The Morgan fingerprint density at radius 2 is 1.96 bits per heavy atom. The van der Waals surface area contributed by atoms with Crippen LogP contribution in [0.15, 0.2) is 12.1 Å². The molecule has 0 unspecified atom stereocenters. The van der Waals surface area contributed by atoms with Crippen LogP contribution in [-0.2, 0) is 14.2 Å². The van der Waals surface area contributed by atoms with E-state index in [-0.39, 0.29) is 36.9 Å². The summed E-state index contributed by atoms with van der Waals surface area (Å²) in [4.78, 5) is 15.1. The average Bonchev–Trinajstić information content (AvgIpc) is 3.34. The fourth-order valence-electron chi connectivity index (χ4n) is 5.60. The topological polar surface area (TPSA) is 66.5 Å². The Hall–Kier alpha value is -1.83. The minimum Gasteiger partial charge on any atom is -0.465 e. The predicted molar refractivity (Wildman–Crippen MR) is 99.6 cm³/mol.